The van der Waals surface area contributed by atoms with Crippen molar-refractivity contribution in [2.45, 2.75) is 19.9 Å². The summed E-state index contributed by atoms with van der Waals surface area (Å²) < 4.78 is 31.6. The number of hydrogen-bond acceptors (Lipinski definition) is 5. The molecular weight excluding hydrogens is 402 g/mol. The minimum atomic E-state index is -3.62. The van der Waals surface area contributed by atoms with Gasteiger partial charge in [-0.25, -0.2) is 8.42 Å². The van der Waals surface area contributed by atoms with Crippen LogP contribution >= 0.6 is 0 Å². The average molecular weight is 432 g/mol. The number of para-hydroxylation sites is 2. The van der Waals surface area contributed by atoms with Crippen molar-refractivity contribution in [1.29, 1.82) is 0 Å². The van der Waals surface area contributed by atoms with Gasteiger partial charge in [0.15, 0.2) is 0 Å². The van der Waals surface area contributed by atoms with E-state index in [4.69, 9.17) is 4.74 Å². The Kier molecular flexibility index (Phi) is 6.55. The molecule has 1 heterocycles. The molecule has 2 aromatic rings. The fourth-order valence-electron chi connectivity index (χ4n) is 3.82. The number of rotatable bonds is 6. The highest BCUT2D eigenvalue weighted by molar-refractivity contribution is 7.92. The number of piperazine rings is 1. The molecule has 1 saturated heterocycles. The first-order chi connectivity index (χ1) is 14.2. The van der Waals surface area contributed by atoms with Crippen LogP contribution in [0.15, 0.2) is 48.5 Å². The van der Waals surface area contributed by atoms with Crippen molar-refractivity contribution < 1.29 is 17.9 Å². The van der Waals surface area contributed by atoms with Gasteiger partial charge in [0.1, 0.15) is 11.8 Å². The lowest BCUT2D eigenvalue weighted by Crippen LogP contribution is -2.55. The van der Waals surface area contributed by atoms with Crippen molar-refractivity contribution >= 4 is 27.3 Å². The van der Waals surface area contributed by atoms with E-state index < -0.39 is 16.1 Å². The SMILES string of the molecule is COc1ccccc1N1CCN(C(=O)[C@H](C)N(c2ccc(C)cc2)S(C)(=O)=O)CC1. The number of carbonyl (C=O) groups is 1. The second kappa shape index (κ2) is 8.95. The Morgan fingerprint density at radius 2 is 1.63 bits per heavy atom. The third-order valence-corrected chi connectivity index (χ3v) is 6.61. The summed E-state index contributed by atoms with van der Waals surface area (Å²) in [7, 11) is -1.97. The zero-order valence-corrected chi connectivity index (χ0v) is 18.7. The van der Waals surface area contributed by atoms with Gasteiger partial charge in [0, 0.05) is 26.2 Å². The Bertz CT molecular complexity index is 984. The molecule has 0 spiro atoms. The van der Waals surface area contributed by atoms with E-state index in [2.05, 4.69) is 4.90 Å². The van der Waals surface area contributed by atoms with Crippen LogP contribution in [0.1, 0.15) is 12.5 Å². The number of hydrogen-bond donors (Lipinski definition) is 0. The predicted molar refractivity (Wildman–Crippen MR) is 120 cm³/mol. The van der Waals surface area contributed by atoms with Crippen LogP contribution in [0.5, 0.6) is 5.75 Å². The van der Waals surface area contributed by atoms with Gasteiger partial charge < -0.3 is 14.5 Å². The summed E-state index contributed by atoms with van der Waals surface area (Å²) in [6.07, 6.45) is 1.14. The van der Waals surface area contributed by atoms with Crippen molar-refractivity contribution in [2.24, 2.45) is 0 Å². The molecule has 0 unspecified atom stereocenters. The quantitative estimate of drug-likeness (QED) is 0.703. The van der Waals surface area contributed by atoms with Gasteiger partial charge in [-0.2, -0.15) is 0 Å². The van der Waals surface area contributed by atoms with Gasteiger partial charge in [-0.3, -0.25) is 9.10 Å². The number of ether oxygens (including phenoxy) is 1. The van der Waals surface area contributed by atoms with Gasteiger partial charge in [0.25, 0.3) is 0 Å². The van der Waals surface area contributed by atoms with Crippen molar-refractivity contribution in [3.63, 3.8) is 0 Å². The molecule has 1 fully saturated rings. The molecule has 30 heavy (non-hydrogen) atoms. The summed E-state index contributed by atoms with van der Waals surface area (Å²) in [5.41, 5.74) is 2.52. The molecule has 0 saturated carbocycles. The lowest BCUT2D eigenvalue weighted by Gasteiger charge is -2.39. The largest absolute Gasteiger partial charge is 0.495 e. The van der Waals surface area contributed by atoms with E-state index in [1.54, 1.807) is 31.1 Å². The van der Waals surface area contributed by atoms with Crippen LogP contribution in [-0.2, 0) is 14.8 Å². The number of nitrogens with zero attached hydrogens (tertiary/aromatic N) is 3. The normalized spacial score (nSPS) is 15.6. The molecular formula is C22H29N3O4S. The average Bonchev–Trinajstić information content (AvgIpc) is 2.74. The summed E-state index contributed by atoms with van der Waals surface area (Å²) >= 11 is 0. The number of benzene rings is 2. The topological polar surface area (TPSA) is 70.2 Å². The number of anilines is 2. The Balaban J connectivity index is 1.73. The van der Waals surface area contributed by atoms with Crippen LogP contribution in [0, 0.1) is 6.92 Å². The first-order valence-corrected chi connectivity index (χ1v) is 11.8. The smallest absolute Gasteiger partial charge is 0.246 e. The Morgan fingerprint density at radius 3 is 2.20 bits per heavy atom. The molecule has 0 N–H and O–H groups in total. The molecule has 0 bridgehead atoms. The number of methoxy groups -OCH3 is 1. The molecule has 0 radical (unpaired) electrons. The van der Waals surface area contributed by atoms with E-state index >= 15 is 0 Å². The molecule has 162 valence electrons. The van der Waals surface area contributed by atoms with Gasteiger partial charge in [-0.15, -0.1) is 0 Å². The van der Waals surface area contributed by atoms with Gasteiger partial charge in [0.05, 0.1) is 24.7 Å². The molecule has 1 amide bonds. The predicted octanol–water partition coefficient (Wildman–Crippen LogP) is 2.51. The molecule has 2 aromatic carbocycles. The highest BCUT2D eigenvalue weighted by Crippen LogP contribution is 2.29. The second-order valence-corrected chi connectivity index (χ2v) is 9.41. The minimum absolute atomic E-state index is 0.194. The van der Waals surface area contributed by atoms with E-state index in [1.165, 1.54) is 4.31 Å². The van der Waals surface area contributed by atoms with E-state index in [-0.39, 0.29) is 5.91 Å². The van der Waals surface area contributed by atoms with Gasteiger partial charge in [-0.1, -0.05) is 29.8 Å². The van der Waals surface area contributed by atoms with Crippen LogP contribution < -0.4 is 13.9 Å². The highest BCUT2D eigenvalue weighted by atomic mass is 32.2. The lowest BCUT2D eigenvalue weighted by atomic mass is 10.2. The fourth-order valence-corrected chi connectivity index (χ4v) is 4.99. The monoisotopic (exact) mass is 431 g/mol. The van der Waals surface area contributed by atoms with Crippen molar-refractivity contribution in [3.05, 3.63) is 54.1 Å². The molecule has 0 aromatic heterocycles. The Labute approximate surface area is 178 Å². The van der Waals surface area contributed by atoms with Crippen LogP contribution in [0.4, 0.5) is 11.4 Å². The summed E-state index contributed by atoms with van der Waals surface area (Å²) in [6, 6.07) is 14.1. The van der Waals surface area contributed by atoms with E-state index in [0.29, 0.717) is 31.9 Å². The van der Waals surface area contributed by atoms with Crippen molar-refractivity contribution in [2.75, 3.05) is 48.7 Å². The molecule has 7 nitrogen and oxygen atoms in total. The summed E-state index contributed by atoms with van der Waals surface area (Å²) in [5.74, 6) is 0.606. The Morgan fingerprint density at radius 1 is 1.03 bits per heavy atom. The standard InChI is InChI=1S/C22H29N3O4S/c1-17-9-11-19(12-10-17)25(30(4,27)28)18(2)22(26)24-15-13-23(14-16-24)20-7-5-6-8-21(20)29-3/h5-12,18H,13-16H2,1-4H3/t18-/m0/s1. The second-order valence-electron chi connectivity index (χ2n) is 7.55. The molecule has 1 atom stereocenters. The van der Waals surface area contributed by atoms with Gasteiger partial charge in [-0.05, 0) is 38.1 Å². The van der Waals surface area contributed by atoms with E-state index in [9.17, 15) is 13.2 Å². The molecule has 1 aliphatic rings. The summed E-state index contributed by atoms with van der Waals surface area (Å²) in [6.45, 7) is 5.93. The lowest BCUT2D eigenvalue weighted by molar-refractivity contribution is -0.132. The first kappa shape index (κ1) is 22.0. The third-order valence-electron chi connectivity index (χ3n) is 5.37. The first-order valence-electron chi connectivity index (χ1n) is 9.95. The zero-order chi connectivity index (χ0) is 21.9. The third kappa shape index (κ3) is 4.70. The van der Waals surface area contributed by atoms with Crippen LogP contribution in [0.3, 0.4) is 0 Å². The number of carbonyl (C=O) groups excluding carboxylic acids is 1. The number of aryl methyl sites for hydroxylation is 1. The molecule has 8 heteroatoms. The molecule has 1 aliphatic heterocycles. The highest BCUT2D eigenvalue weighted by Gasteiger charge is 2.33. The maximum atomic E-state index is 13.2. The number of sulfonamides is 1. The van der Waals surface area contributed by atoms with Crippen molar-refractivity contribution in [1.82, 2.24) is 4.90 Å². The van der Waals surface area contributed by atoms with E-state index in [1.807, 2.05) is 43.3 Å². The maximum Gasteiger partial charge on any atom is 0.246 e. The van der Waals surface area contributed by atoms with Crippen LogP contribution in [0.2, 0.25) is 0 Å². The van der Waals surface area contributed by atoms with Crippen molar-refractivity contribution in [3.8, 4) is 5.75 Å². The van der Waals surface area contributed by atoms with Gasteiger partial charge in [0.2, 0.25) is 15.9 Å². The van der Waals surface area contributed by atoms with Crippen LogP contribution in [0.25, 0.3) is 0 Å². The van der Waals surface area contributed by atoms with E-state index in [0.717, 1.165) is 23.3 Å². The minimum Gasteiger partial charge on any atom is -0.495 e. The maximum absolute atomic E-state index is 13.2. The van der Waals surface area contributed by atoms with Crippen LogP contribution in [-0.4, -0.2) is 64.8 Å². The number of amides is 1. The zero-order valence-electron chi connectivity index (χ0n) is 17.9. The Hall–Kier alpha value is -2.74. The molecule has 3 rings (SSSR count). The molecule has 0 aliphatic carbocycles. The summed E-state index contributed by atoms with van der Waals surface area (Å²) in [5, 5.41) is 0. The summed E-state index contributed by atoms with van der Waals surface area (Å²) in [4.78, 5) is 17.1. The van der Waals surface area contributed by atoms with Gasteiger partial charge >= 0.3 is 0 Å². The fraction of sp³-hybridized carbons (Fsp3) is 0.409.